The van der Waals surface area contributed by atoms with Crippen molar-refractivity contribution in [3.05, 3.63) is 28.3 Å². The molecule has 4 rings (SSSR count). The van der Waals surface area contributed by atoms with E-state index < -0.39 is 27.6 Å². The Bertz CT molecular complexity index is 1020. The maximum absolute atomic E-state index is 13.3. The van der Waals surface area contributed by atoms with Crippen molar-refractivity contribution < 1.29 is 32.3 Å². The number of ether oxygens (including phenoxy) is 2. The number of aryl methyl sites for hydroxylation is 1. The van der Waals surface area contributed by atoms with Crippen LogP contribution in [0, 0.1) is 19.8 Å². The van der Waals surface area contributed by atoms with Crippen LogP contribution in [0.3, 0.4) is 0 Å². The Balaban J connectivity index is 1.75. The lowest BCUT2D eigenvalue weighted by Crippen LogP contribution is -2.36. The highest BCUT2D eigenvalue weighted by atomic mass is 32.2. The molecule has 0 amide bonds. The molecule has 2 fully saturated rings. The van der Waals surface area contributed by atoms with E-state index in [4.69, 9.17) is 9.47 Å². The van der Waals surface area contributed by atoms with Gasteiger partial charge in [0.15, 0.2) is 27.2 Å². The molecule has 2 atom stereocenters. The first kappa shape index (κ1) is 22.3. The van der Waals surface area contributed by atoms with Gasteiger partial charge in [-0.05, 0) is 56.7 Å². The molecule has 0 spiro atoms. The number of fused-ring (bicyclic) bond motifs is 1. The van der Waals surface area contributed by atoms with Gasteiger partial charge in [-0.2, -0.15) is 0 Å². The number of benzene rings is 1. The van der Waals surface area contributed by atoms with Crippen LogP contribution in [0.1, 0.15) is 71.7 Å². The largest absolute Gasteiger partial charge is 0.376 e. The van der Waals surface area contributed by atoms with E-state index in [1.807, 2.05) is 0 Å². The number of carbonyl (C=O) groups excluding carboxylic acids is 3. The summed E-state index contributed by atoms with van der Waals surface area (Å²) in [4.78, 5) is 38.2. The molecule has 1 aromatic carbocycles. The molecule has 1 aromatic rings. The van der Waals surface area contributed by atoms with Gasteiger partial charge in [-0.3, -0.25) is 14.4 Å². The summed E-state index contributed by atoms with van der Waals surface area (Å²) >= 11 is 0. The van der Waals surface area contributed by atoms with Crippen molar-refractivity contribution >= 4 is 27.2 Å². The first-order valence-corrected chi connectivity index (χ1v) is 12.6. The minimum atomic E-state index is -3.51. The van der Waals surface area contributed by atoms with Gasteiger partial charge in [-0.15, -0.1) is 0 Å². The number of sulfone groups is 1. The van der Waals surface area contributed by atoms with Crippen molar-refractivity contribution in [1.29, 1.82) is 0 Å². The Kier molecular flexibility index (Phi) is 6.16. The Hall–Kier alpha value is -1.90. The molecule has 1 saturated heterocycles. The monoisotopic (exact) mass is 448 g/mol. The number of hydrogen-bond acceptors (Lipinski definition) is 7. The topological polar surface area (TPSA) is 104 Å². The molecule has 31 heavy (non-hydrogen) atoms. The van der Waals surface area contributed by atoms with Gasteiger partial charge in [-0.25, -0.2) is 8.42 Å². The lowest BCUT2D eigenvalue weighted by molar-refractivity contribution is -0.133. The molecule has 2 aliphatic heterocycles. The third-order valence-corrected chi connectivity index (χ3v) is 8.52. The third-order valence-electron chi connectivity index (χ3n) is 6.58. The van der Waals surface area contributed by atoms with Crippen molar-refractivity contribution in [2.75, 3.05) is 19.0 Å². The molecule has 3 aliphatic rings. The van der Waals surface area contributed by atoms with E-state index in [2.05, 4.69) is 0 Å². The Morgan fingerprint density at radius 2 is 1.84 bits per heavy atom. The number of carbonyl (C=O) groups is 3. The minimum Gasteiger partial charge on any atom is -0.376 e. The van der Waals surface area contributed by atoms with Crippen molar-refractivity contribution in [3.63, 3.8) is 0 Å². The van der Waals surface area contributed by atoms with Crippen LogP contribution in [-0.4, -0.2) is 50.8 Å². The molecule has 2 unspecified atom stereocenters. The molecule has 1 aliphatic carbocycles. The standard InChI is InChI=1S/C23H28O7S/c1-13-11-16(22(26)21-17(24)6-3-7-18(21)25)14(2)20-19(8-10-31(27,28)23(13)20)30-12-15-5-4-9-29-15/h11,15,19,21H,3-10,12H2,1-2H3. The van der Waals surface area contributed by atoms with Crippen molar-refractivity contribution in [3.8, 4) is 0 Å². The lowest BCUT2D eigenvalue weighted by atomic mass is 9.79. The molecular formula is C23H28O7S. The number of Topliss-reactive ketones (excluding diaryl/α,β-unsaturated/α-hetero) is 3. The summed E-state index contributed by atoms with van der Waals surface area (Å²) in [6.45, 7) is 4.40. The van der Waals surface area contributed by atoms with Crippen LogP contribution >= 0.6 is 0 Å². The molecule has 168 valence electrons. The average Bonchev–Trinajstić information content (AvgIpc) is 3.22. The molecular weight excluding hydrogens is 420 g/mol. The van der Waals surface area contributed by atoms with Crippen LogP contribution in [0.5, 0.6) is 0 Å². The number of ketones is 3. The van der Waals surface area contributed by atoms with Crippen molar-refractivity contribution in [2.45, 2.75) is 69.5 Å². The predicted octanol–water partition coefficient (Wildman–Crippen LogP) is 2.84. The van der Waals surface area contributed by atoms with E-state index in [9.17, 15) is 22.8 Å². The first-order valence-electron chi connectivity index (χ1n) is 10.9. The summed E-state index contributed by atoms with van der Waals surface area (Å²) in [7, 11) is -3.51. The van der Waals surface area contributed by atoms with Gasteiger partial charge in [0.25, 0.3) is 0 Å². The molecule has 1 saturated carbocycles. The quantitative estimate of drug-likeness (QED) is 0.504. The van der Waals surface area contributed by atoms with Gasteiger partial charge >= 0.3 is 0 Å². The van der Waals surface area contributed by atoms with Gasteiger partial charge in [0.2, 0.25) is 0 Å². The first-order chi connectivity index (χ1) is 14.7. The van der Waals surface area contributed by atoms with E-state index >= 15 is 0 Å². The van der Waals surface area contributed by atoms with Crippen LogP contribution in [0.25, 0.3) is 0 Å². The third kappa shape index (κ3) is 4.13. The zero-order valence-electron chi connectivity index (χ0n) is 17.9. The van der Waals surface area contributed by atoms with Gasteiger partial charge in [0, 0.05) is 30.6 Å². The van der Waals surface area contributed by atoms with E-state index in [0.717, 1.165) is 12.8 Å². The summed E-state index contributed by atoms with van der Waals surface area (Å²) in [6.07, 6.45) is 2.59. The molecule has 0 bridgehead atoms. The van der Waals surface area contributed by atoms with E-state index in [-0.39, 0.29) is 46.7 Å². The summed E-state index contributed by atoms with van der Waals surface area (Å²) < 4.78 is 37.5. The Morgan fingerprint density at radius 3 is 2.48 bits per heavy atom. The summed E-state index contributed by atoms with van der Waals surface area (Å²) in [5, 5.41) is 0. The second kappa shape index (κ2) is 8.56. The van der Waals surface area contributed by atoms with Crippen LogP contribution in [0.2, 0.25) is 0 Å². The molecule has 8 heteroatoms. The highest BCUT2D eigenvalue weighted by molar-refractivity contribution is 7.91. The Morgan fingerprint density at radius 1 is 1.13 bits per heavy atom. The SMILES string of the molecule is Cc1cc(C(=O)C2C(=O)CCCC2=O)c(C)c2c1S(=O)(=O)CCC2OCC1CCCO1. The van der Waals surface area contributed by atoms with E-state index in [0.29, 0.717) is 42.7 Å². The highest BCUT2D eigenvalue weighted by Crippen LogP contribution is 2.41. The van der Waals surface area contributed by atoms with Gasteiger partial charge in [-0.1, -0.05) is 0 Å². The maximum atomic E-state index is 13.3. The minimum absolute atomic E-state index is 0.00863. The average molecular weight is 449 g/mol. The fourth-order valence-corrected chi connectivity index (χ4v) is 6.90. The zero-order valence-corrected chi connectivity index (χ0v) is 18.8. The van der Waals surface area contributed by atoms with Crippen molar-refractivity contribution in [1.82, 2.24) is 0 Å². The molecule has 7 nitrogen and oxygen atoms in total. The number of rotatable bonds is 5. The fourth-order valence-electron chi connectivity index (χ4n) is 5.00. The summed E-state index contributed by atoms with van der Waals surface area (Å²) in [5.41, 5.74) is 1.67. The molecule has 0 N–H and O–H groups in total. The smallest absolute Gasteiger partial charge is 0.181 e. The fraction of sp³-hybridized carbons (Fsp3) is 0.609. The summed E-state index contributed by atoms with van der Waals surface area (Å²) in [6, 6.07) is 1.52. The van der Waals surface area contributed by atoms with Crippen molar-refractivity contribution in [2.24, 2.45) is 5.92 Å². The normalized spacial score (nSPS) is 26.1. The zero-order chi connectivity index (χ0) is 22.3. The maximum Gasteiger partial charge on any atom is 0.181 e. The second-order valence-corrected chi connectivity index (χ2v) is 10.8. The highest BCUT2D eigenvalue weighted by Gasteiger charge is 2.40. The van der Waals surface area contributed by atoms with Crippen LogP contribution in [0.4, 0.5) is 0 Å². The van der Waals surface area contributed by atoms with Crippen LogP contribution in [-0.2, 0) is 28.9 Å². The molecule has 2 heterocycles. The van der Waals surface area contributed by atoms with E-state index in [1.54, 1.807) is 13.8 Å². The predicted molar refractivity (Wildman–Crippen MR) is 112 cm³/mol. The van der Waals surface area contributed by atoms with E-state index in [1.165, 1.54) is 6.07 Å². The van der Waals surface area contributed by atoms with Crippen LogP contribution < -0.4 is 0 Å². The van der Waals surface area contributed by atoms with Gasteiger partial charge in [0.05, 0.1) is 29.5 Å². The Labute approximate surface area is 182 Å². The van der Waals surface area contributed by atoms with Gasteiger partial charge in [0.1, 0.15) is 5.92 Å². The lowest BCUT2D eigenvalue weighted by Gasteiger charge is -2.31. The number of hydrogen-bond donors (Lipinski definition) is 0. The summed E-state index contributed by atoms with van der Waals surface area (Å²) in [5.74, 6) is -2.54. The molecule has 0 radical (unpaired) electrons. The second-order valence-electron chi connectivity index (χ2n) is 8.76. The van der Waals surface area contributed by atoms with Crippen LogP contribution in [0.15, 0.2) is 11.0 Å². The van der Waals surface area contributed by atoms with Gasteiger partial charge < -0.3 is 9.47 Å². The molecule has 0 aromatic heterocycles.